The van der Waals surface area contributed by atoms with E-state index in [1.54, 1.807) is 19.6 Å². The lowest BCUT2D eigenvalue weighted by molar-refractivity contribution is 0.415. The summed E-state index contributed by atoms with van der Waals surface area (Å²) < 4.78 is 13.0. The van der Waals surface area contributed by atoms with Gasteiger partial charge in [-0.1, -0.05) is 0 Å². The number of hydrogen-bond acceptors (Lipinski definition) is 3. The Bertz CT molecular complexity index is 725. The molecule has 5 heteroatoms. The van der Waals surface area contributed by atoms with E-state index in [9.17, 15) is 0 Å². The Morgan fingerprint density at radius 1 is 1.39 bits per heavy atom. The quantitative estimate of drug-likeness (QED) is 0.734. The Labute approximate surface area is 109 Å². The lowest BCUT2D eigenvalue weighted by Crippen LogP contribution is -1.98. The Morgan fingerprint density at radius 3 is 3.00 bits per heavy atom. The minimum absolute atomic E-state index is 0.683. The van der Waals surface area contributed by atoms with E-state index in [4.69, 9.17) is 21.4 Å². The highest BCUT2D eigenvalue weighted by atomic mass is 32.1. The number of fused-ring (bicyclic) bond motifs is 1. The molecule has 0 radical (unpaired) electrons. The van der Waals surface area contributed by atoms with Gasteiger partial charge in [0.1, 0.15) is 5.75 Å². The molecule has 92 valence electrons. The zero-order valence-corrected chi connectivity index (χ0v) is 10.7. The van der Waals surface area contributed by atoms with E-state index < -0.39 is 0 Å². The van der Waals surface area contributed by atoms with E-state index in [0.29, 0.717) is 11.3 Å². The molecule has 0 aliphatic heterocycles. The first-order chi connectivity index (χ1) is 8.78. The Hall–Kier alpha value is -2.01. The van der Waals surface area contributed by atoms with Crippen LogP contribution in [0.1, 0.15) is 5.56 Å². The number of nitrogens with one attached hydrogen (secondary N) is 1. The van der Waals surface area contributed by atoms with Crippen molar-refractivity contribution in [2.24, 2.45) is 0 Å². The second-order valence-electron chi connectivity index (χ2n) is 4.03. The van der Waals surface area contributed by atoms with Crippen molar-refractivity contribution < 1.29 is 9.15 Å². The van der Waals surface area contributed by atoms with Crippen molar-refractivity contribution in [3.8, 4) is 5.75 Å². The average molecular weight is 260 g/mol. The molecular formula is C13H12N2O2S. The molecule has 0 fully saturated rings. The Morgan fingerprint density at radius 2 is 2.28 bits per heavy atom. The van der Waals surface area contributed by atoms with Crippen molar-refractivity contribution in [2.75, 3.05) is 7.11 Å². The van der Waals surface area contributed by atoms with Crippen molar-refractivity contribution in [3.05, 3.63) is 47.1 Å². The minimum atomic E-state index is 0.683. The standard InChI is InChI=1S/C13H12N2O2S/c1-16-10-2-3-11-12(6-10)15(13(18)14-11)7-9-4-5-17-8-9/h2-6,8H,7H2,1H3,(H,14,18). The predicted molar refractivity (Wildman–Crippen MR) is 71.5 cm³/mol. The van der Waals surface area contributed by atoms with Crippen LogP contribution in [0.3, 0.4) is 0 Å². The zero-order valence-electron chi connectivity index (χ0n) is 9.84. The molecular weight excluding hydrogens is 248 g/mol. The number of methoxy groups -OCH3 is 1. The molecule has 0 atom stereocenters. The van der Waals surface area contributed by atoms with Crippen LogP contribution in [-0.4, -0.2) is 16.7 Å². The molecule has 0 bridgehead atoms. The van der Waals surface area contributed by atoms with Gasteiger partial charge < -0.3 is 18.7 Å². The van der Waals surface area contributed by atoms with Crippen molar-refractivity contribution in [1.82, 2.24) is 9.55 Å². The molecule has 3 aromatic rings. The number of aromatic nitrogens is 2. The van der Waals surface area contributed by atoms with Gasteiger partial charge in [-0.25, -0.2) is 0 Å². The molecule has 2 heterocycles. The van der Waals surface area contributed by atoms with Crippen molar-refractivity contribution in [1.29, 1.82) is 0 Å². The van der Waals surface area contributed by atoms with Crippen LogP contribution in [0, 0.1) is 4.77 Å². The van der Waals surface area contributed by atoms with Gasteiger partial charge in [0.05, 0.1) is 37.2 Å². The van der Waals surface area contributed by atoms with Gasteiger partial charge >= 0.3 is 0 Å². The first kappa shape index (κ1) is 11.1. The van der Waals surface area contributed by atoms with E-state index in [-0.39, 0.29) is 0 Å². The maximum atomic E-state index is 5.34. The largest absolute Gasteiger partial charge is 0.497 e. The average Bonchev–Trinajstić information content (AvgIpc) is 2.99. The third-order valence-electron chi connectivity index (χ3n) is 2.90. The number of H-pyrrole nitrogens is 1. The lowest BCUT2D eigenvalue weighted by atomic mass is 10.3. The summed E-state index contributed by atoms with van der Waals surface area (Å²) in [5.41, 5.74) is 3.11. The fourth-order valence-corrected chi connectivity index (χ4v) is 2.25. The van der Waals surface area contributed by atoms with Crippen molar-refractivity contribution >= 4 is 23.3 Å². The van der Waals surface area contributed by atoms with Crippen LogP contribution in [0.5, 0.6) is 5.75 Å². The van der Waals surface area contributed by atoms with E-state index in [0.717, 1.165) is 22.3 Å². The number of ether oxygens (including phenoxy) is 1. The topological polar surface area (TPSA) is 43.1 Å². The molecule has 0 unspecified atom stereocenters. The first-order valence-corrected chi connectivity index (χ1v) is 5.96. The van der Waals surface area contributed by atoms with Crippen LogP contribution >= 0.6 is 12.2 Å². The number of benzene rings is 1. The summed E-state index contributed by atoms with van der Waals surface area (Å²) in [6.45, 7) is 0.683. The molecule has 1 N–H and O–H groups in total. The summed E-state index contributed by atoms with van der Waals surface area (Å²) in [4.78, 5) is 3.18. The highest BCUT2D eigenvalue weighted by molar-refractivity contribution is 7.71. The molecule has 2 aromatic heterocycles. The highest BCUT2D eigenvalue weighted by Gasteiger charge is 2.07. The van der Waals surface area contributed by atoms with Crippen LogP contribution < -0.4 is 4.74 Å². The van der Waals surface area contributed by atoms with Gasteiger partial charge in [-0.2, -0.15) is 0 Å². The SMILES string of the molecule is COc1ccc2[nH]c(=S)n(Cc3ccoc3)c2c1. The number of hydrogen-bond donors (Lipinski definition) is 1. The van der Waals surface area contributed by atoms with Gasteiger partial charge in [0.25, 0.3) is 0 Å². The zero-order chi connectivity index (χ0) is 12.5. The molecule has 0 saturated carbocycles. The second kappa shape index (κ2) is 4.34. The fraction of sp³-hybridized carbons (Fsp3) is 0.154. The molecule has 1 aromatic carbocycles. The van der Waals surface area contributed by atoms with Crippen molar-refractivity contribution in [3.63, 3.8) is 0 Å². The fourth-order valence-electron chi connectivity index (χ4n) is 1.98. The number of furan rings is 1. The van der Waals surface area contributed by atoms with Crippen molar-refractivity contribution in [2.45, 2.75) is 6.54 Å². The van der Waals surface area contributed by atoms with E-state index >= 15 is 0 Å². The minimum Gasteiger partial charge on any atom is -0.497 e. The lowest BCUT2D eigenvalue weighted by Gasteiger charge is -2.04. The third kappa shape index (κ3) is 1.82. The molecule has 0 aliphatic rings. The van der Waals surface area contributed by atoms with Gasteiger partial charge in [0.15, 0.2) is 4.77 Å². The highest BCUT2D eigenvalue weighted by Crippen LogP contribution is 2.21. The van der Waals surface area contributed by atoms with Crippen LogP contribution in [0.2, 0.25) is 0 Å². The van der Waals surface area contributed by atoms with E-state index in [1.165, 1.54) is 0 Å². The number of aromatic amines is 1. The summed E-state index contributed by atoms with van der Waals surface area (Å²) in [5.74, 6) is 0.817. The van der Waals surface area contributed by atoms with Gasteiger partial charge in [-0.3, -0.25) is 0 Å². The molecule has 0 spiro atoms. The van der Waals surface area contributed by atoms with Crippen LogP contribution in [-0.2, 0) is 6.54 Å². The van der Waals surface area contributed by atoms with Gasteiger partial charge in [0, 0.05) is 11.6 Å². The normalized spacial score (nSPS) is 10.9. The second-order valence-corrected chi connectivity index (χ2v) is 4.42. The number of rotatable bonds is 3. The van der Waals surface area contributed by atoms with Gasteiger partial charge in [0.2, 0.25) is 0 Å². The number of nitrogens with zero attached hydrogens (tertiary/aromatic N) is 1. The van der Waals surface area contributed by atoms with Gasteiger partial charge in [-0.15, -0.1) is 0 Å². The molecule has 0 amide bonds. The summed E-state index contributed by atoms with van der Waals surface area (Å²) in [6, 6.07) is 7.79. The molecule has 0 aliphatic carbocycles. The van der Waals surface area contributed by atoms with E-state index in [1.807, 2.05) is 28.8 Å². The first-order valence-electron chi connectivity index (χ1n) is 5.55. The molecule has 0 saturated heterocycles. The molecule has 18 heavy (non-hydrogen) atoms. The molecule has 3 rings (SSSR count). The van der Waals surface area contributed by atoms with Crippen LogP contribution in [0.25, 0.3) is 11.0 Å². The maximum Gasteiger partial charge on any atom is 0.178 e. The van der Waals surface area contributed by atoms with Crippen LogP contribution in [0.15, 0.2) is 41.2 Å². The monoisotopic (exact) mass is 260 g/mol. The summed E-state index contributed by atoms with van der Waals surface area (Å²) in [5, 5.41) is 0. The Kier molecular flexibility index (Phi) is 2.68. The van der Waals surface area contributed by atoms with Gasteiger partial charge in [-0.05, 0) is 30.4 Å². The number of imidazole rings is 1. The summed E-state index contributed by atoms with van der Waals surface area (Å²) in [7, 11) is 1.66. The maximum absolute atomic E-state index is 5.34. The summed E-state index contributed by atoms with van der Waals surface area (Å²) >= 11 is 5.34. The smallest absolute Gasteiger partial charge is 0.178 e. The Balaban J connectivity index is 2.14. The summed E-state index contributed by atoms with van der Waals surface area (Å²) in [6.07, 6.45) is 3.38. The van der Waals surface area contributed by atoms with Crippen LogP contribution in [0.4, 0.5) is 0 Å². The predicted octanol–water partition coefficient (Wildman–Crippen LogP) is 3.35. The van der Waals surface area contributed by atoms with E-state index in [2.05, 4.69) is 4.98 Å². The third-order valence-corrected chi connectivity index (χ3v) is 3.23. The molecule has 4 nitrogen and oxygen atoms in total.